The van der Waals surface area contributed by atoms with E-state index in [1.807, 2.05) is 65.8 Å². The molecular weight excluding hydrogens is 889 g/mol. The first-order valence-electron chi connectivity index (χ1n) is 23.5. The zero-order valence-electron chi connectivity index (χ0n) is 42.2. The molecule has 3 aromatic heterocycles. The van der Waals surface area contributed by atoms with E-state index in [-0.39, 0.29) is 33.6 Å². The summed E-state index contributed by atoms with van der Waals surface area (Å²) in [6.45, 7) is 20.9. The number of hydrogen-bond acceptors (Lipinski definition) is 7. The van der Waals surface area contributed by atoms with Crippen LogP contribution >= 0.6 is 0 Å². The van der Waals surface area contributed by atoms with Crippen LogP contribution in [0.3, 0.4) is 0 Å². The number of aliphatic hydroxyl groups is 1. The second-order valence-electron chi connectivity index (χ2n) is 19.4. The fraction of sp³-hybridized carbons (Fsp3) is 0.250. The Balaban J connectivity index is 0.000000226. The third kappa shape index (κ3) is 15.3. The van der Waals surface area contributed by atoms with E-state index in [4.69, 9.17) is 10.8 Å². The minimum absolute atomic E-state index is 0. The molecule has 356 valence electrons. The maximum Gasteiger partial charge on any atom is 4.00 e. The van der Waals surface area contributed by atoms with Crippen LogP contribution < -0.4 is 32.7 Å². The van der Waals surface area contributed by atoms with Crippen molar-refractivity contribution in [2.75, 3.05) is 12.8 Å². The maximum atomic E-state index is 12.0. The van der Waals surface area contributed by atoms with Gasteiger partial charge in [-0.2, -0.15) is 21.9 Å². The second kappa shape index (κ2) is 25.9. The van der Waals surface area contributed by atoms with Gasteiger partial charge in [-0.05, 0) is 85.2 Å². The van der Waals surface area contributed by atoms with Crippen molar-refractivity contribution in [2.24, 2.45) is 0 Å². The van der Waals surface area contributed by atoms with E-state index in [9.17, 15) is 5.11 Å². The van der Waals surface area contributed by atoms with Gasteiger partial charge in [0.15, 0.2) is 0 Å². The van der Waals surface area contributed by atoms with Crippen molar-refractivity contribution >= 4 is 33.7 Å². The number of pyridine rings is 3. The molecule has 5 aromatic carbocycles. The summed E-state index contributed by atoms with van der Waals surface area (Å²) in [6, 6.07) is 65.8. The van der Waals surface area contributed by atoms with Crippen molar-refractivity contribution in [3.63, 3.8) is 0 Å². The zero-order valence-corrected chi connectivity index (χ0v) is 43.3. The molecule has 8 rings (SSSR count). The molecular formula is C60H70BFeN5O2+2. The van der Waals surface area contributed by atoms with E-state index in [2.05, 4.69) is 198 Å². The molecule has 8 aromatic rings. The number of aryl methyl sites for hydroxylation is 3. The molecule has 0 radical (unpaired) electrons. The summed E-state index contributed by atoms with van der Waals surface area (Å²) >= 11 is 0. The van der Waals surface area contributed by atoms with Crippen molar-refractivity contribution in [1.29, 1.82) is 0 Å². The van der Waals surface area contributed by atoms with Crippen LogP contribution in [0.2, 0.25) is 0 Å². The number of aromatic nitrogens is 3. The molecule has 0 aliphatic carbocycles. The van der Waals surface area contributed by atoms with Gasteiger partial charge in [-0.3, -0.25) is 19.9 Å². The number of hydrogen-bond donors (Lipinski definition) is 2. The van der Waals surface area contributed by atoms with Gasteiger partial charge in [0.1, 0.15) is 6.15 Å². The summed E-state index contributed by atoms with van der Waals surface area (Å²) in [5.74, 6) is -0.0273. The molecule has 0 atom stereocenters. The number of benzene rings is 5. The average Bonchev–Trinajstić information content (AvgIpc) is 3.32. The van der Waals surface area contributed by atoms with Crippen LogP contribution in [0.4, 0.5) is 5.69 Å². The average molecular weight is 960 g/mol. The van der Waals surface area contributed by atoms with E-state index in [0.717, 1.165) is 72.0 Å². The quantitative estimate of drug-likeness (QED) is 0.104. The predicted octanol–water partition coefficient (Wildman–Crippen LogP) is 9.61. The number of aliphatic hydroxyl groups excluding tert-OH is 1. The van der Waals surface area contributed by atoms with Gasteiger partial charge in [0.05, 0.1) is 17.1 Å². The third-order valence-corrected chi connectivity index (χ3v) is 12.0. The number of nitrogens with zero attached hydrogens (tertiary/aromatic N) is 4. The molecule has 0 aliphatic rings. The first-order valence-corrected chi connectivity index (χ1v) is 23.5. The van der Waals surface area contributed by atoms with Crippen LogP contribution in [0.25, 0.3) is 0 Å². The monoisotopic (exact) mass is 959 g/mol. The van der Waals surface area contributed by atoms with Crippen LogP contribution in [0, 0.1) is 20.8 Å². The van der Waals surface area contributed by atoms with Crippen molar-refractivity contribution in [3.8, 4) is 5.75 Å². The van der Waals surface area contributed by atoms with E-state index in [1.54, 1.807) is 6.07 Å². The zero-order chi connectivity index (χ0) is 49.3. The summed E-state index contributed by atoms with van der Waals surface area (Å²) in [6.07, 6.45) is -1.22. The van der Waals surface area contributed by atoms with E-state index in [0.29, 0.717) is 5.69 Å². The van der Waals surface area contributed by atoms with Crippen molar-refractivity contribution in [2.45, 2.75) is 92.8 Å². The van der Waals surface area contributed by atoms with Crippen LogP contribution in [-0.4, -0.2) is 38.2 Å². The Kier molecular flexibility index (Phi) is 20.7. The first kappa shape index (κ1) is 55.3. The van der Waals surface area contributed by atoms with Crippen molar-refractivity contribution < 1.29 is 27.3 Å². The SMILES string of the molecule is CC(C)(C)c1cc(N)c([O-])c(C(C)(C)C)c1.CO.Cc1cccc(CN(Cc2cccc(C)n2)Cc2cccc(C)n2)n1.[Fe+4].c1ccc([B-](c2ccccc2)(c2ccccc2)c2ccccc2)cc1. The Hall–Kier alpha value is -6.35. The third-order valence-electron chi connectivity index (χ3n) is 12.0. The number of anilines is 1. The molecule has 0 saturated carbocycles. The van der Waals surface area contributed by atoms with Crippen LogP contribution in [0.1, 0.15) is 86.8 Å². The van der Waals surface area contributed by atoms with Gasteiger partial charge in [0.2, 0.25) is 0 Å². The van der Waals surface area contributed by atoms with E-state index in [1.165, 1.54) is 21.9 Å². The Labute approximate surface area is 423 Å². The molecule has 0 bridgehead atoms. The molecule has 69 heavy (non-hydrogen) atoms. The Morgan fingerprint density at radius 3 is 1.03 bits per heavy atom. The minimum Gasteiger partial charge on any atom is -0.871 e. The van der Waals surface area contributed by atoms with E-state index < -0.39 is 6.15 Å². The first-order chi connectivity index (χ1) is 32.5. The molecule has 0 aliphatic heterocycles. The fourth-order valence-corrected chi connectivity index (χ4v) is 8.68. The summed E-state index contributed by atoms with van der Waals surface area (Å²) < 4.78 is 0. The van der Waals surface area contributed by atoms with Crippen molar-refractivity contribution in [3.05, 3.63) is 233 Å². The van der Waals surface area contributed by atoms with Gasteiger partial charge < -0.3 is 15.9 Å². The molecule has 0 unspecified atom stereocenters. The number of rotatable bonds is 10. The fourth-order valence-electron chi connectivity index (χ4n) is 8.68. The van der Waals surface area contributed by atoms with Crippen molar-refractivity contribution in [1.82, 2.24) is 19.9 Å². The van der Waals surface area contributed by atoms with Crippen LogP contribution in [0.5, 0.6) is 5.75 Å². The predicted molar refractivity (Wildman–Crippen MR) is 286 cm³/mol. The smallest absolute Gasteiger partial charge is 0.871 e. The molecule has 9 heteroatoms. The van der Waals surface area contributed by atoms with E-state index >= 15 is 0 Å². The van der Waals surface area contributed by atoms with Gasteiger partial charge in [0.25, 0.3) is 0 Å². The molecule has 0 amide bonds. The number of nitrogens with two attached hydrogens (primary N) is 1. The standard InChI is InChI=1S/C24H20B.C21H24N4.C14H23NO.CH4O.Fe/c1-5-13-21(14-6-1)25(22-15-7-2-8-16-22,23-17-9-3-10-18-23)24-19-11-4-12-20-24;1-16-7-4-10-19(22-16)13-25(14-20-11-5-8-17(2)23-20)15-21-12-6-9-18(3)24-21;1-13(2,3)9-7-10(14(4,5)6)12(16)11(15)8-9;1-2;/h1-20H;4-12H,13-15H2,1-3H3;7-8,16H,15H2,1-6H3;2H,1H3;/q-1;;;;+4/p-1. The molecule has 7 nitrogen and oxygen atoms in total. The second-order valence-corrected chi connectivity index (χ2v) is 19.4. The topological polar surface area (TPSA) is 111 Å². The molecule has 3 heterocycles. The van der Waals surface area contributed by atoms with Crippen LogP contribution in [-0.2, 0) is 47.5 Å². The summed E-state index contributed by atoms with van der Waals surface area (Å²) in [4.78, 5) is 16.3. The summed E-state index contributed by atoms with van der Waals surface area (Å²) in [5.41, 5.74) is 19.6. The maximum absolute atomic E-state index is 12.0. The van der Waals surface area contributed by atoms with Gasteiger partial charge in [-0.1, -0.05) is 193 Å². The summed E-state index contributed by atoms with van der Waals surface area (Å²) in [5, 5.41) is 19.0. The Bertz CT molecular complexity index is 2490. The largest absolute Gasteiger partial charge is 4.00 e. The van der Waals surface area contributed by atoms with Gasteiger partial charge in [0, 0.05) is 49.5 Å². The van der Waals surface area contributed by atoms with Gasteiger partial charge in [-0.15, -0.1) is 0 Å². The minimum atomic E-state index is -1.22. The van der Waals surface area contributed by atoms with Gasteiger partial charge in [-0.25, -0.2) is 0 Å². The summed E-state index contributed by atoms with van der Waals surface area (Å²) in [7, 11) is 1.00. The van der Waals surface area contributed by atoms with Crippen LogP contribution in [0.15, 0.2) is 188 Å². The Morgan fingerprint density at radius 1 is 0.464 bits per heavy atom. The molecule has 3 N–H and O–H groups in total. The molecule has 0 fully saturated rings. The number of nitrogen functional groups attached to an aromatic ring is 1. The normalized spacial score (nSPS) is 11.1. The molecule has 0 saturated heterocycles. The van der Waals surface area contributed by atoms with Gasteiger partial charge >= 0.3 is 17.1 Å². The Morgan fingerprint density at radius 2 is 0.768 bits per heavy atom. The molecule has 0 spiro atoms.